The first-order chi connectivity index (χ1) is 11.2. The maximum Gasteiger partial charge on any atom is 0.412 e. The second-order valence-corrected chi connectivity index (χ2v) is 6.17. The number of hydrogen-bond acceptors (Lipinski definition) is 3. The minimum absolute atomic E-state index is 0.328. The van der Waals surface area contributed by atoms with E-state index in [0.717, 1.165) is 0 Å². The number of carbonyl (C=O) groups excluding carboxylic acids is 2. The van der Waals surface area contributed by atoms with Gasteiger partial charge < -0.3 is 10.1 Å². The summed E-state index contributed by atoms with van der Waals surface area (Å²) >= 11 is 0. The Morgan fingerprint density at radius 2 is 1.38 bits per heavy atom. The van der Waals surface area contributed by atoms with Crippen molar-refractivity contribution in [3.63, 3.8) is 0 Å². The average Bonchev–Trinajstić information content (AvgIpc) is 2.48. The summed E-state index contributed by atoms with van der Waals surface area (Å²) in [5.41, 5.74) is 0.841. The van der Waals surface area contributed by atoms with E-state index in [-0.39, 0.29) is 11.7 Å². The van der Waals surface area contributed by atoms with Crippen molar-refractivity contribution in [1.29, 1.82) is 0 Å². The summed E-state index contributed by atoms with van der Waals surface area (Å²) in [6.07, 6.45) is -0.564. The zero-order chi connectivity index (χ0) is 17.7. The molecule has 2 aromatic rings. The average molecular weight is 330 g/mol. The lowest BCUT2D eigenvalue weighted by Crippen LogP contribution is -2.27. The van der Waals surface area contributed by atoms with Gasteiger partial charge in [0.1, 0.15) is 11.4 Å². The van der Waals surface area contributed by atoms with Crippen LogP contribution in [-0.2, 0) is 4.74 Å². The van der Waals surface area contributed by atoms with Gasteiger partial charge in [-0.25, -0.2) is 9.18 Å². The van der Waals surface area contributed by atoms with Crippen LogP contribution in [0.5, 0.6) is 0 Å². The van der Waals surface area contributed by atoms with Crippen molar-refractivity contribution in [3.05, 3.63) is 59.9 Å². The zero-order valence-electron chi connectivity index (χ0n) is 13.7. The molecular weight excluding hydrogens is 311 g/mol. The Bertz CT molecular complexity index is 719. The zero-order valence-corrected chi connectivity index (χ0v) is 13.7. The van der Waals surface area contributed by atoms with E-state index in [9.17, 15) is 14.0 Å². The molecule has 0 saturated carbocycles. The highest BCUT2D eigenvalue weighted by Gasteiger charge is 2.16. The van der Waals surface area contributed by atoms with Crippen LogP contribution in [0.25, 0.3) is 0 Å². The third-order valence-electron chi connectivity index (χ3n) is 2.89. The minimum atomic E-state index is -0.584. The molecule has 2 aromatic carbocycles. The number of halogens is 1. The van der Waals surface area contributed by atoms with Gasteiger partial charge in [-0.15, -0.1) is 0 Å². The molecule has 0 spiro atoms. The maximum atomic E-state index is 12.8. The van der Waals surface area contributed by atoms with Crippen molar-refractivity contribution in [2.24, 2.45) is 0 Å². The predicted molar refractivity (Wildman–Crippen MR) is 90.7 cm³/mol. The van der Waals surface area contributed by atoms with Crippen molar-refractivity contribution in [2.75, 3.05) is 10.6 Å². The third-order valence-corrected chi connectivity index (χ3v) is 2.89. The van der Waals surface area contributed by atoms with Crippen LogP contribution in [0.4, 0.5) is 20.6 Å². The van der Waals surface area contributed by atoms with E-state index in [1.165, 1.54) is 24.3 Å². The molecule has 24 heavy (non-hydrogen) atoms. The van der Waals surface area contributed by atoms with Crippen molar-refractivity contribution in [3.8, 4) is 0 Å². The highest BCUT2D eigenvalue weighted by Crippen LogP contribution is 2.15. The quantitative estimate of drug-likeness (QED) is 0.875. The smallest absolute Gasteiger partial charge is 0.412 e. The molecule has 2 N–H and O–H groups in total. The molecule has 0 aliphatic rings. The molecule has 2 amide bonds. The lowest BCUT2D eigenvalue weighted by Gasteiger charge is -2.19. The lowest BCUT2D eigenvalue weighted by molar-refractivity contribution is 0.0636. The Morgan fingerprint density at radius 3 is 1.92 bits per heavy atom. The molecule has 0 fully saturated rings. The summed E-state index contributed by atoms with van der Waals surface area (Å²) in [5.74, 6) is -0.698. The van der Waals surface area contributed by atoms with Gasteiger partial charge in [-0.2, -0.15) is 0 Å². The fourth-order valence-electron chi connectivity index (χ4n) is 1.86. The number of amides is 2. The SMILES string of the molecule is CC(C)(C)OC(=O)Nc1ccc(C(=O)Nc2ccc(F)cc2)cc1. The van der Waals surface area contributed by atoms with Crippen molar-refractivity contribution < 1.29 is 18.7 Å². The summed E-state index contributed by atoms with van der Waals surface area (Å²) in [4.78, 5) is 23.8. The minimum Gasteiger partial charge on any atom is -0.444 e. The largest absolute Gasteiger partial charge is 0.444 e. The van der Waals surface area contributed by atoms with E-state index in [4.69, 9.17) is 4.74 Å². The summed E-state index contributed by atoms with van der Waals surface area (Å²) in [6.45, 7) is 5.32. The molecule has 0 aliphatic carbocycles. The van der Waals surface area contributed by atoms with Crippen LogP contribution in [0.15, 0.2) is 48.5 Å². The summed E-state index contributed by atoms with van der Waals surface area (Å²) in [7, 11) is 0. The highest BCUT2D eigenvalue weighted by molar-refractivity contribution is 6.04. The lowest BCUT2D eigenvalue weighted by atomic mass is 10.2. The van der Waals surface area contributed by atoms with Gasteiger partial charge >= 0.3 is 6.09 Å². The summed E-state index contributed by atoms with van der Waals surface area (Å²) in [5, 5.41) is 5.25. The molecule has 126 valence electrons. The molecule has 5 nitrogen and oxygen atoms in total. The van der Waals surface area contributed by atoms with Crippen molar-refractivity contribution in [1.82, 2.24) is 0 Å². The molecule has 0 aliphatic heterocycles. The van der Waals surface area contributed by atoms with Crippen molar-refractivity contribution in [2.45, 2.75) is 26.4 Å². The first-order valence-corrected chi connectivity index (χ1v) is 7.40. The fourth-order valence-corrected chi connectivity index (χ4v) is 1.86. The Labute approximate surface area is 139 Å². The van der Waals surface area contributed by atoms with E-state index in [2.05, 4.69) is 10.6 Å². The van der Waals surface area contributed by atoms with E-state index in [0.29, 0.717) is 16.9 Å². The monoisotopic (exact) mass is 330 g/mol. The molecule has 0 radical (unpaired) electrons. The van der Waals surface area contributed by atoms with E-state index in [1.54, 1.807) is 45.0 Å². The van der Waals surface area contributed by atoms with Gasteiger partial charge in [-0.05, 0) is 69.3 Å². The summed E-state index contributed by atoms with van der Waals surface area (Å²) in [6, 6.07) is 11.8. The van der Waals surface area contributed by atoms with Crippen LogP contribution in [-0.4, -0.2) is 17.6 Å². The van der Waals surface area contributed by atoms with Crippen LogP contribution >= 0.6 is 0 Å². The standard InChI is InChI=1S/C18H19FN2O3/c1-18(2,3)24-17(23)21-15-8-4-12(5-9-15)16(22)20-14-10-6-13(19)7-11-14/h4-11H,1-3H3,(H,20,22)(H,21,23). The molecule has 2 rings (SSSR count). The molecule has 6 heteroatoms. The number of benzene rings is 2. The molecule has 0 atom stereocenters. The molecule has 0 aromatic heterocycles. The Kier molecular flexibility index (Phi) is 5.18. The molecule has 0 saturated heterocycles. The van der Waals surface area contributed by atoms with E-state index in [1.807, 2.05) is 0 Å². The second-order valence-electron chi connectivity index (χ2n) is 6.17. The first kappa shape index (κ1) is 17.5. The normalized spacial score (nSPS) is 10.8. The van der Waals surface area contributed by atoms with Crippen LogP contribution in [0.1, 0.15) is 31.1 Å². The Balaban J connectivity index is 1.97. The molecule has 0 heterocycles. The number of anilines is 2. The number of nitrogens with one attached hydrogen (secondary N) is 2. The molecular formula is C18H19FN2O3. The van der Waals surface area contributed by atoms with E-state index >= 15 is 0 Å². The number of hydrogen-bond donors (Lipinski definition) is 2. The van der Waals surface area contributed by atoms with Gasteiger partial charge in [-0.3, -0.25) is 10.1 Å². The molecule has 0 bridgehead atoms. The van der Waals surface area contributed by atoms with Gasteiger partial charge in [0.2, 0.25) is 0 Å². The maximum absolute atomic E-state index is 12.8. The number of ether oxygens (including phenoxy) is 1. The van der Waals surface area contributed by atoms with Gasteiger partial charge in [0, 0.05) is 16.9 Å². The van der Waals surface area contributed by atoms with Gasteiger partial charge in [0.25, 0.3) is 5.91 Å². The van der Waals surface area contributed by atoms with Crippen LogP contribution < -0.4 is 10.6 Å². The fraction of sp³-hybridized carbons (Fsp3) is 0.222. The van der Waals surface area contributed by atoms with E-state index < -0.39 is 11.7 Å². The summed E-state index contributed by atoms with van der Waals surface area (Å²) < 4.78 is 18.0. The molecule has 0 unspecified atom stereocenters. The predicted octanol–water partition coefficient (Wildman–Crippen LogP) is 4.43. The Hall–Kier alpha value is -2.89. The topological polar surface area (TPSA) is 67.4 Å². The van der Waals surface area contributed by atoms with Gasteiger partial charge in [-0.1, -0.05) is 0 Å². The highest BCUT2D eigenvalue weighted by atomic mass is 19.1. The van der Waals surface area contributed by atoms with Gasteiger partial charge in [0.15, 0.2) is 0 Å². The Morgan fingerprint density at radius 1 is 0.875 bits per heavy atom. The van der Waals surface area contributed by atoms with Crippen LogP contribution in [0.2, 0.25) is 0 Å². The third kappa shape index (κ3) is 5.39. The number of rotatable bonds is 3. The van der Waals surface area contributed by atoms with Gasteiger partial charge in [0.05, 0.1) is 0 Å². The van der Waals surface area contributed by atoms with Crippen LogP contribution in [0, 0.1) is 5.82 Å². The van der Waals surface area contributed by atoms with Crippen molar-refractivity contribution >= 4 is 23.4 Å². The first-order valence-electron chi connectivity index (χ1n) is 7.40. The van der Waals surface area contributed by atoms with Crippen LogP contribution in [0.3, 0.4) is 0 Å². The number of carbonyl (C=O) groups is 2. The second kappa shape index (κ2) is 7.12.